The Hall–Kier alpha value is -3.23. The number of halogens is 1. The van der Waals surface area contributed by atoms with Crippen LogP contribution in [0.3, 0.4) is 0 Å². The van der Waals surface area contributed by atoms with E-state index in [-0.39, 0.29) is 17.8 Å². The Morgan fingerprint density at radius 1 is 1.23 bits per heavy atom. The number of likely N-dealkylation sites (N-methyl/N-ethyl adjacent to an activating group) is 1. The molecule has 35 heavy (non-hydrogen) atoms. The zero-order chi connectivity index (χ0) is 23.8. The summed E-state index contributed by atoms with van der Waals surface area (Å²) in [6.45, 7) is 3.93. The molecule has 6 aliphatic rings. The van der Waals surface area contributed by atoms with Crippen LogP contribution in [0.1, 0.15) is 23.1 Å². The first-order valence-electron chi connectivity index (χ1n) is 12.3. The number of aliphatic hydroxyl groups is 1. The van der Waals surface area contributed by atoms with E-state index in [0.29, 0.717) is 31.5 Å². The fraction of sp³-hybridized carbons (Fsp3) is 0.407. The Bertz CT molecular complexity index is 1300. The number of fused-ring (bicyclic) bond motifs is 3. The molecule has 0 radical (unpaired) electrons. The van der Waals surface area contributed by atoms with E-state index in [1.54, 1.807) is 17.0 Å². The molecule has 4 aliphatic heterocycles. The van der Waals surface area contributed by atoms with Crippen LogP contribution < -0.4 is 5.43 Å². The minimum atomic E-state index is -0.359. The number of nitrogens with zero attached hydrogens (tertiary/aromatic N) is 4. The number of hydrazone groups is 1. The molecule has 1 aromatic rings. The summed E-state index contributed by atoms with van der Waals surface area (Å²) >= 11 is 0. The standard InChI is InChI=1S/C27H28FN5O2/c1-31-12-22(16-4-17-8-32(9-18(17)5-16)14-25(35)33-10-20(34)11-33)27-23(13-31)21-7-19(28)6-15-2-3-24(26(15)21)29-30-27/h2-4,6-7,13,17-18,20,30,34H,5,8-12,14H2,1H3. The van der Waals surface area contributed by atoms with Crippen molar-refractivity contribution >= 4 is 23.3 Å². The minimum Gasteiger partial charge on any atom is -0.389 e. The van der Waals surface area contributed by atoms with Crippen molar-refractivity contribution in [2.45, 2.75) is 12.5 Å². The number of amides is 1. The minimum absolute atomic E-state index is 0.116. The largest absolute Gasteiger partial charge is 0.389 e. The predicted molar refractivity (Wildman–Crippen MR) is 131 cm³/mol. The highest BCUT2D eigenvalue weighted by atomic mass is 19.1. The molecule has 8 heteroatoms. The molecule has 7 rings (SSSR count). The maximum absolute atomic E-state index is 14.5. The average molecular weight is 474 g/mol. The van der Waals surface area contributed by atoms with Crippen LogP contribution in [0.4, 0.5) is 4.39 Å². The van der Waals surface area contributed by atoms with Gasteiger partial charge in [0.05, 0.1) is 24.1 Å². The molecule has 2 atom stereocenters. The molecular weight excluding hydrogens is 445 g/mol. The lowest BCUT2D eigenvalue weighted by Gasteiger charge is -2.36. The van der Waals surface area contributed by atoms with Crippen molar-refractivity contribution in [3.05, 3.63) is 69.8 Å². The molecule has 2 N–H and O–H groups in total. The van der Waals surface area contributed by atoms with E-state index >= 15 is 0 Å². The Kier molecular flexibility index (Phi) is 4.60. The Morgan fingerprint density at radius 3 is 2.89 bits per heavy atom. The van der Waals surface area contributed by atoms with Crippen molar-refractivity contribution in [3.8, 4) is 0 Å². The van der Waals surface area contributed by atoms with Gasteiger partial charge in [0.25, 0.3) is 0 Å². The number of benzene rings is 1. The van der Waals surface area contributed by atoms with Gasteiger partial charge >= 0.3 is 0 Å². The van der Waals surface area contributed by atoms with Gasteiger partial charge in [0.15, 0.2) is 0 Å². The van der Waals surface area contributed by atoms with Crippen LogP contribution >= 0.6 is 0 Å². The summed E-state index contributed by atoms with van der Waals surface area (Å²) in [6, 6.07) is 3.20. The Morgan fingerprint density at radius 2 is 2.09 bits per heavy atom. The number of hydrogen-bond donors (Lipinski definition) is 2. The van der Waals surface area contributed by atoms with Gasteiger partial charge in [-0.15, -0.1) is 0 Å². The molecular formula is C27H28FN5O2. The zero-order valence-electron chi connectivity index (χ0n) is 19.7. The maximum atomic E-state index is 14.5. The van der Waals surface area contributed by atoms with E-state index in [9.17, 15) is 14.3 Å². The number of nitrogens with one attached hydrogen (secondary N) is 1. The number of β-amino-alcohol motifs (C(OH)–C–C–N with tert-alkyl or cyclic N) is 1. The fourth-order valence-electron chi connectivity index (χ4n) is 6.44. The SMILES string of the molecule is CN1C=C2C(=C(C3=CC4CN(CC(=O)N5CC(O)C5)CC4C3)C1)NN=C1C=Cc3cc(F)cc2c31. The third-order valence-corrected chi connectivity index (χ3v) is 8.14. The molecule has 0 bridgehead atoms. The Labute approximate surface area is 203 Å². The van der Waals surface area contributed by atoms with Gasteiger partial charge in [0, 0.05) is 57.1 Å². The van der Waals surface area contributed by atoms with E-state index in [4.69, 9.17) is 5.10 Å². The van der Waals surface area contributed by atoms with Crippen molar-refractivity contribution < 1.29 is 14.3 Å². The molecule has 4 heterocycles. The number of hydrogen-bond acceptors (Lipinski definition) is 6. The molecule has 1 aromatic carbocycles. The normalized spacial score (nSPS) is 27.0. The van der Waals surface area contributed by atoms with Gasteiger partial charge in [0.1, 0.15) is 5.82 Å². The van der Waals surface area contributed by atoms with Crippen molar-refractivity contribution in [1.29, 1.82) is 0 Å². The topological polar surface area (TPSA) is 71.4 Å². The smallest absolute Gasteiger partial charge is 0.236 e. The molecule has 7 nitrogen and oxygen atoms in total. The quantitative estimate of drug-likeness (QED) is 0.701. The van der Waals surface area contributed by atoms with Crippen LogP contribution in [-0.2, 0) is 4.79 Å². The molecule has 2 saturated heterocycles. The lowest BCUT2D eigenvalue weighted by atomic mass is 9.88. The lowest BCUT2D eigenvalue weighted by molar-refractivity contribution is -0.142. The molecule has 0 saturated carbocycles. The number of rotatable bonds is 3. The van der Waals surface area contributed by atoms with Crippen LogP contribution in [0.2, 0.25) is 0 Å². The highest BCUT2D eigenvalue weighted by Crippen LogP contribution is 2.44. The highest BCUT2D eigenvalue weighted by Gasteiger charge is 2.40. The van der Waals surface area contributed by atoms with E-state index in [0.717, 1.165) is 59.7 Å². The number of carbonyl (C=O) groups excluding carboxylic acids is 1. The average Bonchev–Trinajstić information content (AvgIpc) is 3.45. The fourth-order valence-corrected chi connectivity index (χ4v) is 6.44. The first kappa shape index (κ1) is 21.1. The summed E-state index contributed by atoms with van der Waals surface area (Å²) in [5, 5.41) is 14.2. The van der Waals surface area contributed by atoms with Gasteiger partial charge < -0.3 is 14.9 Å². The number of carbonyl (C=O) groups is 1. The van der Waals surface area contributed by atoms with Gasteiger partial charge in [-0.1, -0.05) is 12.2 Å². The molecule has 2 fully saturated rings. The van der Waals surface area contributed by atoms with Crippen molar-refractivity contribution in [2.24, 2.45) is 16.9 Å². The predicted octanol–water partition coefficient (Wildman–Crippen LogP) is 1.78. The van der Waals surface area contributed by atoms with Crippen molar-refractivity contribution in [3.63, 3.8) is 0 Å². The molecule has 2 aliphatic carbocycles. The first-order valence-corrected chi connectivity index (χ1v) is 12.3. The number of aliphatic hydroxyl groups excluding tert-OH is 1. The molecule has 0 aromatic heterocycles. The van der Waals surface area contributed by atoms with Crippen molar-refractivity contribution in [2.75, 3.05) is 46.3 Å². The first-order chi connectivity index (χ1) is 16.9. The summed E-state index contributed by atoms with van der Waals surface area (Å²) in [6.07, 6.45) is 8.96. The van der Waals surface area contributed by atoms with Crippen LogP contribution in [0.15, 0.2) is 52.4 Å². The second kappa shape index (κ2) is 7.63. The van der Waals surface area contributed by atoms with Crippen LogP contribution in [-0.4, -0.2) is 83.8 Å². The Balaban J connectivity index is 1.17. The summed E-state index contributed by atoms with van der Waals surface area (Å²) < 4.78 is 14.5. The van der Waals surface area contributed by atoms with E-state index in [1.165, 1.54) is 11.1 Å². The van der Waals surface area contributed by atoms with Gasteiger partial charge in [-0.2, -0.15) is 5.10 Å². The van der Waals surface area contributed by atoms with Crippen LogP contribution in [0, 0.1) is 17.7 Å². The van der Waals surface area contributed by atoms with E-state index < -0.39 is 0 Å². The summed E-state index contributed by atoms with van der Waals surface area (Å²) in [5.74, 6) is 0.801. The molecule has 0 spiro atoms. The second-order valence-electron chi connectivity index (χ2n) is 10.6. The van der Waals surface area contributed by atoms with Gasteiger partial charge in [-0.05, 0) is 58.7 Å². The van der Waals surface area contributed by atoms with E-state index in [1.807, 2.05) is 12.2 Å². The maximum Gasteiger partial charge on any atom is 0.236 e. The van der Waals surface area contributed by atoms with Gasteiger partial charge in [0.2, 0.25) is 5.91 Å². The third-order valence-electron chi connectivity index (χ3n) is 8.14. The summed E-state index contributed by atoms with van der Waals surface area (Å²) in [4.78, 5) is 18.6. The lowest BCUT2D eigenvalue weighted by Crippen LogP contribution is -2.55. The van der Waals surface area contributed by atoms with Crippen molar-refractivity contribution in [1.82, 2.24) is 20.1 Å². The monoisotopic (exact) mass is 473 g/mol. The van der Waals surface area contributed by atoms with E-state index in [2.05, 4.69) is 34.5 Å². The summed E-state index contributed by atoms with van der Waals surface area (Å²) in [5.41, 5.74) is 11.4. The van der Waals surface area contributed by atoms with Crippen LogP contribution in [0.5, 0.6) is 0 Å². The second-order valence-corrected chi connectivity index (χ2v) is 10.6. The highest BCUT2D eigenvalue weighted by molar-refractivity contribution is 6.20. The summed E-state index contributed by atoms with van der Waals surface area (Å²) in [7, 11) is 2.06. The molecule has 1 amide bonds. The van der Waals surface area contributed by atoms with Crippen LogP contribution in [0.25, 0.3) is 11.6 Å². The third kappa shape index (κ3) is 3.38. The number of likely N-dealkylation sites (tertiary alicyclic amines) is 2. The molecule has 2 unspecified atom stereocenters. The van der Waals surface area contributed by atoms with Gasteiger partial charge in [-0.3, -0.25) is 15.1 Å². The number of allylic oxidation sites excluding steroid dienone is 2. The molecule has 180 valence electrons. The zero-order valence-corrected chi connectivity index (χ0v) is 19.7. The van der Waals surface area contributed by atoms with Gasteiger partial charge in [-0.25, -0.2) is 4.39 Å².